The maximum atomic E-state index is 11.7. The monoisotopic (exact) mass is 256 g/mol. The van der Waals surface area contributed by atoms with Gasteiger partial charge in [0.1, 0.15) is 0 Å². The second kappa shape index (κ2) is 9.92. The first-order valence-electron chi connectivity index (χ1n) is 6.99. The molecule has 0 aliphatic heterocycles. The molecule has 0 aliphatic carbocycles. The van der Waals surface area contributed by atoms with Crippen molar-refractivity contribution in [3.63, 3.8) is 0 Å². The molecule has 0 aromatic heterocycles. The second-order valence-electron chi connectivity index (χ2n) is 5.18. The van der Waals surface area contributed by atoms with Crippen LogP contribution >= 0.6 is 0 Å². The van der Waals surface area contributed by atoms with Crippen molar-refractivity contribution in [3.8, 4) is 0 Å². The molecule has 0 fully saturated rings. The van der Waals surface area contributed by atoms with E-state index in [0.29, 0.717) is 19.0 Å². The molecule has 0 heterocycles. The van der Waals surface area contributed by atoms with Gasteiger partial charge in [-0.1, -0.05) is 33.6 Å². The molecule has 0 saturated heterocycles. The lowest BCUT2D eigenvalue weighted by molar-refractivity contribution is -0.134. The summed E-state index contributed by atoms with van der Waals surface area (Å²) < 4.78 is 0. The van der Waals surface area contributed by atoms with Gasteiger partial charge in [0.25, 0.3) is 0 Å². The first-order chi connectivity index (χ1) is 8.47. The average molecular weight is 256 g/mol. The molecule has 0 rings (SSSR count). The van der Waals surface area contributed by atoms with Crippen LogP contribution in [0.4, 0.5) is 0 Å². The number of hydrogen-bond acceptors (Lipinski definition) is 2. The number of rotatable bonds is 9. The van der Waals surface area contributed by atoms with E-state index in [2.05, 4.69) is 26.1 Å². The Morgan fingerprint density at radius 3 is 2.39 bits per heavy atom. The fourth-order valence-electron chi connectivity index (χ4n) is 1.59. The highest BCUT2D eigenvalue weighted by atomic mass is 16.2. The Balaban J connectivity index is 3.92. The third-order valence-corrected chi connectivity index (χ3v) is 2.86. The van der Waals surface area contributed by atoms with Crippen molar-refractivity contribution in [2.24, 2.45) is 5.92 Å². The van der Waals surface area contributed by atoms with Crippen LogP contribution in [0.15, 0.2) is 0 Å². The Hall–Kier alpha value is -1.06. The standard InChI is InChI=1S/C14H28N2O2/c1-5-6-7-9-15-14(18)11-16(13(4)17)10-8-12(2)3/h12H,5-11H2,1-4H3,(H,15,18). The quantitative estimate of drug-likeness (QED) is 0.643. The van der Waals surface area contributed by atoms with E-state index in [1.165, 1.54) is 6.92 Å². The largest absolute Gasteiger partial charge is 0.355 e. The predicted molar refractivity (Wildman–Crippen MR) is 74.2 cm³/mol. The molecule has 0 bridgehead atoms. The molecule has 0 spiro atoms. The number of hydrogen-bond donors (Lipinski definition) is 1. The number of amides is 2. The van der Waals surface area contributed by atoms with Crippen molar-refractivity contribution in [1.29, 1.82) is 0 Å². The summed E-state index contributed by atoms with van der Waals surface area (Å²) in [6.45, 7) is 9.44. The molecular weight excluding hydrogens is 228 g/mol. The Kier molecular flexibility index (Phi) is 9.33. The van der Waals surface area contributed by atoms with Crippen molar-refractivity contribution in [2.75, 3.05) is 19.6 Å². The molecule has 0 atom stereocenters. The summed E-state index contributed by atoms with van der Waals surface area (Å²) in [6.07, 6.45) is 4.21. The minimum atomic E-state index is -0.0509. The Labute approximate surface area is 111 Å². The van der Waals surface area contributed by atoms with Gasteiger partial charge in [0, 0.05) is 20.0 Å². The normalized spacial score (nSPS) is 10.5. The van der Waals surface area contributed by atoms with E-state index < -0.39 is 0 Å². The molecule has 0 aromatic rings. The summed E-state index contributed by atoms with van der Waals surface area (Å²) in [7, 11) is 0. The Morgan fingerprint density at radius 2 is 1.89 bits per heavy atom. The highest BCUT2D eigenvalue weighted by molar-refractivity contribution is 5.83. The van der Waals surface area contributed by atoms with E-state index in [-0.39, 0.29) is 18.4 Å². The molecule has 2 amide bonds. The molecule has 0 saturated carbocycles. The molecule has 4 nitrogen and oxygen atoms in total. The second-order valence-corrected chi connectivity index (χ2v) is 5.18. The number of nitrogens with zero attached hydrogens (tertiary/aromatic N) is 1. The lowest BCUT2D eigenvalue weighted by Crippen LogP contribution is -2.40. The van der Waals surface area contributed by atoms with Crippen LogP contribution in [0.1, 0.15) is 53.4 Å². The zero-order valence-corrected chi connectivity index (χ0v) is 12.3. The van der Waals surface area contributed by atoms with E-state index >= 15 is 0 Å². The Bertz CT molecular complexity index is 252. The molecule has 0 unspecified atom stereocenters. The molecular formula is C14H28N2O2. The van der Waals surface area contributed by atoms with Gasteiger partial charge < -0.3 is 10.2 Å². The Morgan fingerprint density at radius 1 is 1.22 bits per heavy atom. The van der Waals surface area contributed by atoms with Gasteiger partial charge in [0.2, 0.25) is 11.8 Å². The lowest BCUT2D eigenvalue weighted by atomic mass is 10.1. The van der Waals surface area contributed by atoms with Crippen LogP contribution in [0.3, 0.4) is 0 Å². The highest BCUT2D eigenvalue weighted by Crippen LogP contribution is 2.02. The highest BCUT2D eigenvalue weighted by Gasteiger charge is 2.13. The van der Waals surface area contributed by atoms with Gasteiger partial charge in [-0.05, 0) is 18.8 Å². The zero-order valence-electron chi connectivity index (χ0n) is 12.3. The van der Waals surface area contributed by atoms with Crippen molar-refractivity contribution < 1.29 is 9.59 Å². The van der Waals surface area contributed by atoms with Crippen molar-refractivity contribution >= 4 is 11.8 Å². The molecule has 0 aromatic carbocycles. The smallest absolute Gasteiger partial charge is 0.239 e. The van der Waals surface area contributed by atoms with E-state index in [4.69, 9.17) is 0 Å². The number of unbranched alkanes of at least 4 members (excludes halogenated alkanes) is 2. The lowest BCUT2D eigenvalue weighted by Gasteiger charge is -2.21. The van der Waals surface area contributed by atoms with Crippen LogP contribution in [0.5, 0.6) is 0 Å². The number of nitrogens with one attached hydrogen (secondary N) is 1. The SMILES string of the molecule is CCCCCNC(=O)CN(CCC(C)C)C(C)=O. The van der Waals surface area contributed by atoms with E-state index in [0.717, 1.165) is 25.7 Å². The fraction of sp³-hybridized carbons (Fsp3) is 0.857. The summed E-state index contributed by atoms with van der Waals surface area (Å²) in [6, 6.07) is 0. The average Bonchev–Trinajstić information content (AvgIpc) is 2.29. The van der Waals surface area contributed by atoms with Crippen LogP contribution in [-0.4, -0.2) is 36.3 Å². The van der Waals surface area contributed by atoms with Crippen molar-refractivity contribution in [3.05, 3.63) is 0 Å². The molecule has 1 N–H and O–H groups in total. The minimum absolute atomic E-state index is 0.0284. The van der Waals surface area contributed by atoms with E-state index in [1.54, 1.807) is 4.90 Å². The van der Waals surface area contributed by atoms with Gasteiger partial charge in [-0.3, -0.25) is 9.59 Å². The van der Waals surface area contributed by atoms with Crippen LogP contribution in [0, 0.1) is 5.92 Å². The number of carbonyl (C=O) groups excluding carboxylic acids is 2. The topological polar surface area (TPSA) is 49.4 Å². The molecule has 4 heteroatoms. The van der Waals surface area contributed by atoms with Crippen LogP contribution in [0.2, 0.25) is 0 Å². The first-order valence-corrected chi connectivity index (χ1v) is 6.99. The van der Waals surface area contributed by atoms with Crippen molar-refractivity contribution in [2.45, 2.75) is 53.4 Å². The zero-order chi connectivity index (χ0) is 14.0. The molecule has 0 radical (unpaired) electrons. The summed E-state index contributed by atoms with van der Waals surface area (Å²) >= 11 is 0. The van der Waals surface area contributed by atoms with Gasteiger partial charge in [0.05, 0.1) is 6.54 Å². The van der Waals surface area contributed by atoms with Gasteiger partial charge >= 0.3 is 0 Å². The van der Waals surface area contributed by atoms with Gasteiger partial charge in [-0.25, -0.2) is 0 Å². The summed E-state index contributed by atoms with van der Waals surface area (Å²) in [4.78, 5) is 24.7. The molecule has 18 heavy (non-hydrogen) atoms. The predicted octanol–water partition coefficient (Wildman–Crippen LogP) is 2.19. The van der Waals surface area contributed by atoms with Gasteiger partial charge in [0.15, 0.2) is 0 Å². The maximum absolute atomic E-state index is 11.7. The summed E-state index contributed by atoms with van der Waals surface area (Å²) in [5, 5.41) is 2.86. The maximum Gasteiger partial charge on any atom is 0.239 e. The fourth-order valence-corrected chi connectivity index (χ4v) is 1.59. The van der Waals surface area contributed by atoms with Crippen LogP contribution in [-0.2, 0) is 9.59 Å². The molecule has 106 valence electrons. The number of carbonyl (C=O) groups is 2. The summed E-state index contributed by atoms with van der Waals surface area (Å²) in [5.74, 6) is 0.462. The third kappa shape index (κ3) is 9.02. The third-order valence-electron chi connectivity index (χ3n) is 2.86. The van der Waals surface area contributed by atoms with E-state index in [1.807, 2.05) is 0 Å². The van der Waals surface area contributed by atoms with Gasteiger partial charge in [-0.2, -0.15) is 0 Å². The van der Waals surface area contributed by atoms with Crippen molar-refractivity contribution in [1.82, 2.24) is 10.2 Å². The minimum Gasteiger partial charge on any atom is -0.355 e. The summed E-state index contributed by atoms with van der Waals surface area (Å²) in [5.41, 5.74) is 0. The first kappa shape index (κ1) is 16.9. The van der Waals surface area contributed by atoms with Crippen LogP contribution in [0.25, 0.3) is 0 Å². The van der Waals surface area contributed by atoms with Crippen LogP contribution < -0.4 is 5.32 Å². The molecule has 0 aliphatic rings. The van der Waals surface area contributed by atoms with Gasteiger partial charge in [-0.15, -0.1) is 0 Å². The van der Waals surface area contributed by atoms with E-state index in [9.17, 15) is 9.59 Å².